The van der Waals surface area contributed by atoms with Gasteiger partial charge >= 0.3 is 0 Å². The van der Waals surface area contributed by atoms with E-state index in [0.717, 1.165) is 62.6 Å². The molecule has 2 aromatic carbocycles. The zero-order valence-corrected chi connectivity index (χ0v) is 18.4. The Labute approximate surface area is 184 Å². The van der Waals surface area contributed by atoms with Gasteiger partial charge in [0.25, 0.3) is 5.91 Å². The molecule has 2 aromatic rings. The fourth-order valence-corrected chi connectivity index (χ4v) is 5.55. The lowest BCUT2D eigenvalue weighted by Crippen LogP contribution is -2.48. The highest BCUT2D eigenvalue weighted by Crippen LogP contribution is 2.45. The van der Waals surface area contributed by atoms with Crippen LogP contribution in [0.3, 0.4) is 0 Å². The number of nitrogens with one attached hydrogen (secondary N) is 1. The van der Waals surface area contributed by atoms with E-state index in [1.165, 1.54) is 23.1 Å². The fourth-order valence-electron chi connectivity index (χ4n) is 5.55. The molecule has 0 bridgehead atoms. The third kappa shape index (κ3) is 3.97. The van der Waals surface area contributed by atoms with Crippen LogP contribution >= 0.6 is 0 Å². The predicted molar refractivity (Wildman–Crippen MR) is 121 cm³/mol. The number of carbonyl (C=O) groups is 1. The van der Waals surface area contributed by atoms with Gasteiger partial charge in [0.15, 0.2) is 0 Å². The van der Waals surface area contributed by atoms with Crippen molar-refractivity contribution in [2.45, 2.75) is 37.7 Å². The Morgan fingerprint density at radius 3 is 2.71 bits per heavy atom. The topological polar surface area (TPSA) is 50.8 Å². The van der Waals surface area contributed by atoms with Gasteiger partial charge in [0.05, 0.1) is 13.7 Å². The van der Waals surface area contributed by atoms with Crippen LogP contribution in [0.25, 0.3) is 0 Å². The molecule has 0 saturated carbocycles. The summed E-state index contributed by atoms with van der Waals surface area (Å²) in [5, 5.41) is 3.42. The standard InChI is InChI=1S/C26H32N2O3/c1-30-23-4-2-3-21-10-16-31-26(24(21)23)11-14-28(15-12-26)25(29)22-7-5-19(6-8-22)17-20-9-13-27-18-20/h2-8,20,27H,9-18H2,1H3. The van der Waals surface area contributed by atoms with Gasteiger partial charge in [-0.15, -0.1) is 0 Å². The maximum atomic E-state index is 13.1. The fraction of sp³-hybridized carbons (Fsp3) is 0.500. The van der Waals surface area contributed by atoms with Crippen molar-refractivity contribution >= 4 is 5.91 Å². The predicted octanol–water partition coefficient (Wildman–Crippen LogP) is 3.55. The average Bonchev–Trinajstić information content (AvgIpc) is 3.32. The van der Waals surface area contributed by atoms with Crippen LogP contribution in [0.15, 0.2) is 42.5 Å². The van der Waals surface area contributed by atoms with Crippen molar-refractivity contribution < 1.29 is 14.3 Å². The molecule has 1 amide bonds. The molecular formula is C26H32N2O3. The second kappa shape index (κ2) is 8.64. The number of fused-ring (bicyclic) bond motifs is 2. The highest BCUT2D eigenvalue weighted by Gasteiger charge is 2.43. The Balaban J connectivity index is 1.26. The van der Waals surface area contributed by atoms with Crippen molar-refractivity contribution in [2.24, 2.45) is 5.92 Å². The van der Waals surface area contributed by atoms with Crippen molar-refractivity contribution in [2.75, 3.05) is 39.9 Å². The number of rotatable bonds is 4. The van der Waals surface area contributed by atoms with E-state index < -0.39 is 0 Å². The highest BCUT2D eigenvalue weighted by atomic mass is 16.5. The van der Waals surface area contributed by atoms with Crippen molar-refractivity contribution in [3.63, 3.8) is 0 Å². The van der Waals surface area contributed by atoms with Crippen molar-refractivity contribution in [3.8, 4) is 5.75 Å². The van der Waals surface area contributed by atoms with Crippen LogP contribution in [-0.2, 0) is 23.2 Å². The van der Waals surface area contributed by atoms with Crippen molar-refractivity contribution in [1.82, 2.24) is 10.2 Å². The minimum absolute atomic E-state index is 0.125. The molecule has 2 saturated heterocycles. The number of amides is 1. The largest absolute Gasteiger partial charge is 0.496 e. The zero-order chi connectivity index (χ0) is 21.3. The van der Waals surface area contributed by atoms with Crippen LogP contribution in [-0.4, -0.2) is 50.7 Å². The molecule has 0 aromatic heterocycles. The summed E-state index contributed by atoms with van der Waals surface area (Å²) in [5.41, 5.74) is 4.28. The molecule has 3 aliphatic rings. The molecule has 1 spiro atoms. The van der Waals surface area contributed by atoms with Crippen LogP contribution in [0.4, 0.5) is 0 Å². The van der Waals surface area contributed by atoms with E-state index in [1.54, 1.807) is 7.11 Å². The second-order valence-corrected chi connectivity index (χ2v) is 9.14. The molecule has 1 unspecified atom stereocenters. The van der Waals surface area contributed by atoms with E-state index in [0.29, 0.717) is 13.1 Å². The summed E-state index contributed by atoms with van der Waals surface area (Å²) in [7, 11) is 1.73. The van der Waals surface area contributed by atoms with Gasteiger partial charge in [0, 0.05) is 24.2 Å². The smallest absolute Gasteiger partial charge is 0.253 e. The quantitative estimate of drug-likeness (QED) is 0.822. The summed E-state index contributed by atoms with van der Waals surface area (Å²) in [6, 6.07) is 14.5. The van der Waals surface area contributed by atoms with Gasteiger partial charge in [-0.3, -0.25) is 4.79 Å². The first-order valence-electron chi connectivity index (χ1n) is 11.6. The Morgan fingerprint density at radius 2 is 2.00 bits per heavy atom. The zero-order valence-electron chi connectivity index (χ0n) is 18.4. The summed E-state index contributed by atoms with van der Waals surface area (Å²) in [4.78, 5) is 15.1. The van der Waals surface area contributed by atoms with Crippen molar-refractivity contribution in [1.29, 1.82) is 0 Å². The normalized spacial score (nSPS) is 22.4. The number of nitrogens with zero attached hydrogens (tertiary/aromatic N) is 1. The number of ether oxygens (including phenoxy) is 2. The van der Waals surface area contributed by atoms with Crippen LogP contribution in [0.5, 0.6) is 5.75 Å². The van der Waals surface area contributed by atoms with Crippen LogP contribution < -0.4 is 10.1 Å². The molecule has 3 aliphatic heterocycles. The third-order valence-electron chi connectivity index (χ3n) is 7.28. The van der Waals surface area contributed by atoms with Gasteiger partial charge in [-0.2, -0.15) is 0 Å². The summed E-state index contributed by atoms with van der Waals surface area (Å²) in [6.07, 6.45) is 4.86. The van der Waals surface area contributed by atoms with E-state index in [4.69, 9.17) is 9.47 Å². The SMILES string of the molecule is COc1cccc2c1C1(CCN(C(=O)c3ccc(CC4CCNC4)cc3)CC1)OCC2. The lowest BCUT2D eigenvalue weighted by atomic mass is 9.78. The first kappa shape index (κ1) is 20.5. The van der Waals surface area contributed by atoms with Gasteiger partial charge in [-0.1, -0.05) is 24.3 Å². The molecular weight excluding hydrogens is 388 g/mol. The maximum Gasteiger partial charge on any atom is 0.253 e. The molecule has 1 atom stereocenters. The average molecular weight is 421 g/mol. The third-order valence-corrected chi connectivity index (χ3v) is 7.28. The minimum Gasteiger partial charge on any atom is -0.496 e. The molecule has 1 N–H and O–H groups in total. The van der Waals surface area contributed by atoms with Crippen LogP contribution in [0, 0.1) is 5.92 Å². The van der Waals surface area contributed by atoms with E-state index in [1.807, 2.05) is 23.1 Å². The van der Waals surface area contributed by atoms with E-state index in [2.05, 4.69) is 29.6 Å². The Morgan fingerprint density at radius 1 is 1.19 bits per heavy atom. The van der Waals surface area contributed by atoms with Gasteiger partial charge < -0.3 is 19.7 Å². The first-order valence-corrected chi connectivity index (χ1v) is 11.6. The number of benzene rings is 2. The number of methoxy groups -OCH3 is 1. The molecule has 0 radical (unpaired) electrons. The summed E-state index contributed by atoms with van der Waals surface area (Å²) in [6.45, 7) is 4.35. The minimum atomic E-state index is -0.337. The molecule has 5 rings (SSSR count). The summed E-state index contributed by atoms with van der Waals surface area (Å²) < 4.78 is 12.0. The Hall–Kier alpha value is -2.37. The summed E-state index contributed by atoms with van der Waals surface area (Å²) >= 11 is 0. The maximum absolute atomic E-state index is 13.1. The van der Waals surface area contributed by atoms with E-state index in [-0.39, 0.29) is 11.5 Å². The number of carbonyl (C=O) groups excluding carboxylic acids is 1. The second-order valence-electron chi connectivity index (χ2n) is 9.14. The number of hydrogen-bond donors (Lipinski definition) is 1. The van der Waals surface area contributed by atoms with Gasteiger partial charge in [0.1, 0.15) is 11.4 Å². The first-order chi connectivity index (χ1) is 15.2. The molecule has 31 heavy (non-hydrogen) atoms. The molecule has 5 heteroatoms. The van der Waals surface area contributed by atoms with Crippen LogP contribution in [0.2, 0.25) is 0 Å². The number of hydrogen-bond acceptors (Lipinski definition) is 4. The van der Waals surface area contributed by atoms with Gasteiger partial charge in [-0.25, -0.2) is 0 Å². The van der Waals surface area contributed by atoms with Gasteiger partial charge in [0.2, 0.25) is 0 Å². The molecule has 3 heterocycles. The molecule has 2 fully saturated rings. The monoisotopic (exact) mass is 420 g/mol. The summed E-state index contributed by atoms with van der Waals surface area (Å²) in [5.74, 6) is 1.75. The van der Waals surface area contributed by atoms with Gasteiger partial charge in [-0.05, 0) is 80.4 Å². The lowest BCUT2D eigenvalue weighted by Gasteiger charge is -2.45. The molecule has 0 aliphatic carbocycles. The lowest BCUT2D eigenvalue weighted by molar-refractivity contribution is -0.0946. The molecule has 5 nitrogen and oxygen atoms in total. The number of likely N-dealkylation sites (tertiary alicyclic amines) is 1. The number of piperidine rings is 1. The Kier molecular flexibility index (Phi) is 5.72. The molecule has 164 valence electrons. The Bertz CT molecular complexity index is 912. The van der Waals surface area contributed by atoms with Crippen LogP contribution in [0.1, 0.15) is 46.3 Å². The van der Waals surface area contributed by atoms with E-state index >= 15 is 0 Å². The van der Waals surface area contributed by atoms with E-state index in [9.17, 15) is 4.79 Å². The van der Waals surface area contributed by atoms with Crippen molar-refractivity contribution in [3.05, 3.63) is 64.7 Å². The highest BCUT2D eigenvalue weighted by molar-refractivity contribution is 5.94.